The molecule has 2 N–H and O–H groups in total. The minimum absolute atomic E-state index is 0.213. The minimum atomic E-state index is -0.967. The molecule has 3 fully saturated rings. The number of allylic oxidation sites excluding steroid dienone is 3. The zero-order valence-electron chi connectivity index (χ0n) is 22.9. The first-order valence-corrected chi connectivity index (χ1v) is 14.5. The van der Waals surface area contributed by atoms with E-state index in [1.54, 1.807) is 5.57 Å². The molecule has 0 aliphatic heterocycles. The normalized spacial score (nSPS) is 45.1. The van der Waals surface area contributed by atoms with Crippen molar-refractivity contribution >= 4 is 0 Å². The Hall–Kier alpha value is -0.640. The van der Waals surface area contributed by atoms with E-state index in [0.717, 1.165) is 43.9 Å². The average molecular weight is 473 g/mol. The van der Waals surface area contributed by atoms with Crippen LogP contribution in [-0.2, 0) is 4.74 Å². The van der Waals surface area contributed by atoms with E-state index in [1.165, 1.54) is 25.7 Å². The Morgan fingerprint density at radius 1 is 1.09 bits per heavy atom. The zero-order chi connectivity index (χ0) is 24.7. The van der Waals surface area contributed by atoms with Crippen molar-refractivity contribution < 1.29 is 14.9 Å². The SMILES string of the molecule is CCCCO[C@@H]1C=C2[C@@H]3CC[C@H]([C@H](C)/C=C/CC(C)C)[C@@]3(C)CC[C@@H]2[C@@]2(C)CC[C@H](O)C[C@]12O. The summed E-state index contributed by atoms with van der Waals surface area (Å²) in [7, 11) is 0. The molecule has 4 rings (SSSR count). The number of aliphatic hydroxyl groups is 2. The van der Waals surface area contributed by atoms with Crippen LogP contribution in [0.3, 0.4) is 0 Å². The summed E-state index contributed by atoms with van der Waals surface area (Å²) in [6, 6.07) is 0. The van der Waals surface area contributed by atoms with Crippen molar-refractivity contribution in [2.24, 2.45) is 40.4 Å². The van der Waals surface area contributed by atoms with Gasteiger partial charge in [-0.2, -0.15) is 0 Å². The van der Waals surface area contributed by atoms with Crippen LogP contribution in [-0.4, -0.2) is 34.6 Å². The van der Waals surface area contributed by atoms with Crippen molar-refractivity contribution in [2.75, 3.05) is 6.61 Å². The summed E-state index contributed by atoms with van der Waals surface area (Å²) in [5.74, 6) is 3.08. The molecular weight excluding hydrogens is 420 g/mol. The molecule has 0 bridgehead atoms. The van der Waals surface area contributed by atoms with Crippen LogP contribution in [0.5, 0.6) is 0 Å². The maximum absolute atomic E-state index is 12.2. The number of rotatable bonds is 8. The van der Waals surface area contributed by atoms with Crippen molar-refractivity contribution in [3.8, 4) is 0 Å². The Labute approximate surface area is 209 Å². The van der Waals surface area contributed by atoms with Gasteiger partial charge in [0.05, 0.1) is 6.10 Å². The van der Waals surface area contributed by atoms with Gasteiger partial charge in [0.25, 0.3) is 0 Å². The Morgan fingerprint density at radius 3 is 2.56 bits per heavy atom. The van der Waals surface area contributed by atoms with E-state index < -0.39 is 11.7 Å². The molecular formula is C31H52O3. The molecule has 0 unspecified atom stereocenters. The zero-order valence-corrected chi connectivity index (χ0v) is 22.9. The quantitative estimate of drug-likeness (QED) is 0.293. The standard InChI is InChI=1S/C31H52O3/c1-7-8-18-34-28-19-24-26-13-12-25(22(4)11-9-10-21(2)3)29(26,5)16-15-27(24)30(6)17-14-23(32)20-31(28,30)33/h9,11,19,21-23,25-28,32-33H,7-8,10,12-18,20H2,1-6H3/b11-9+/t22-,23+,25-,26+,27+,28-,29-,30-,31+/m1/s1. The smallest absolute Gasteiger partial charge is 0.105 e. The fourth-order valence-corrected chi connectivity index (χ4v) is 8.67. The molecule has 0 radical (unpaired) electrons. The number of unbranched alkanes of at least 4 members (excludes halogenated alkanes) is 1. The fourth-order valence-electron chi connectivity index (χ4n) is 8.67. The Balaban J connectivity index is 1.64. The van der Waals surface area contributed by atoms with Crippen LogP contribution in [0.1, 0.15) is 106 Å². The summed E-state index contributed by atoms with van der Waals surface area (Å²) in [6.45, 7) is 14.8. The molecule has 4 aliphatic rings. The number of ether oxygens (including phenoxy) is 1. The molecule has 3 saturated carbocycles. The molecule has 194 valence electrons. The number of aliphatic hydroxyl groups excluding tert-OH is 1. The third-order valence-corrected chi connectivity index (χ3v) is 10.8. The van der Waals surface area contributed by atoms with Gasteiger partial charge in [-0.3, -0.25) is 0 Å². The fraction of sp³-hybridized carbons (Fsp3) is 0.871. The van der Waals surface area contributed by atoms with Crippen molar-refractivity contribution in [3.05, 3.63) is 23.8 Å². The molecule has 3 nitrogen and oxygen atoms in total. The Kier molecular flexibility index (Phi) is 7.79. The van der Waals surface area contributed by atoms with Gasteiger partial charge >= 0.3 is 0 Å². The van der Waals surface area contributed by atoms with Gasteiger partial charge in [0.2, 0.25) is 0 Å². The third-order valence-electron chi connectivity index (χ3n) is 10.8. The third kappa shape index (κ3) is 4.37. The van der Waals surface area contributed by atoms with Crippen molar-refractivity contribution in [3.63, 3.8) is 0 Å². The van der Waals surface area contributed by atoms with Crippen LogP contribution < -0.4 is 0 Å². The summed E-state index contributed by atoms with van der Waals surface area (Å²) in [4.78, 5) is 0. The molecule has 0 aromatic carbocycles. The molecule has 0 heterocycles. The maximum atomic E-state index is 12.2. The Bertz CT molecular complexity index is 771. The van der Waals surface area contributed by atoms with Crippen molar-refractivity contribution in [1.29, 1.82) is 0 Å². The summed E-state index contributed by atoms with van der Waals surface area (Å²) < 4.78 is 6.44. The number of hydrogen-bond acceptors (Lipinski definition) is 3. The number of hydrogen-bond donors (Lipinski definition) is 2. The van der Waals surface area contributed by atoms with Crippen LogP contribution in [0.4, 0.5) is 0 Å². The first kappa shape index (κ1) is 26.4. The molecule has 0 aromatic rings. The van der Waals surface area contributed by atoms with Gasteiger partial charge in [-0.1, -0.05) is 71.8 Å². The van der Waals surface area contributed by atoms with Crippen LogP contribution >= 0.6 is 0 Å². The monoisotopic (exact) mass is 472 g/mol. The lowest BCUT2D eigenvalue weighted by atomic mass is 9.45. The van der Waals surface area contributed by atoms with E-state index in [1.807, 2.05) is 0 Å². The van der Waals surface area contributed by atoms with Crippen LogP contribution in [0, 0.1) is 40.4 Å². The Morgan fingerprint density at radius 2 is 1.85 bits per heavy atom. The lowest BCUT2D eigenvalue weighted by Gasteiger charge is -2.62. The first-order chi connectivity index (χ1) is 16.1. The second-order valence-electron chi connectivity index (χ2n) is 13.3. The molecule has 0 amide bonds. The molecule has 9 atom stereocenters. The first-order valence-electron chi connectivity index (χ1n) is 14.5. The average Bonchev–Trinajstić information content (AvgIpc) is 3.12. The van der Waals surface area contributed by atoms with Gasteiger partial charge < -0.3 is 14.9 Å². The van der Waals surface area contributed by atoms with Crippen molar-refractivity contribution in [2.45, 2.75) is 124 Å². The van der Waals surface area contributed by atoms with E-state index in [4.69, 9.17) is 4.74 Å². The lowest BCUT2D eigenvalue weighted by Crippen LogP contribution is -2.66. The highest BCUT2D eigenvalue weighted by molar-refractivity contribution is 5.33. The number of fused-ring (bicyclic) bond motifs is 5. The van der Waals surface area contributed by atoms with Gasteiger partial charge in [0.15, 0.2) is 0 Å². The summed E-state index contributed by atoms with van der Waals surface area (Å²) in [6.07, 6.45) is 17.0. The largest absolute Gasteiger partial charge is 0.393 e. The highest BCUT2D eigenvalue weighted by atomic mass is 16.5. The predicted octanol–water partition coefficient (Wildman–Crippen LogP) is 7.07. The molecule has 0 saturated heterocycles. The van der Waals surface area contributed by atoms with E-state index in [9.17, 15) is 10.2 Å². The van der Waals surface area contributed by atoms with Gasteiger partial charge in [-0.15, -0.1) is 0 Å². The molecule has 0 aromatic heterocycles. The highest BCUT2D eigenvalue weighted by Gasteiger charge is 2.65. The van der Waals surface area contributed by atoms with E-state index in [2.05, 4.69) is 59.8 Å². The lowest BCUT2D eigenvalue weighted by molar-refractivity contribution is -0.221. The van der Waals surface area contributed by atoms with E-state index >= 15 is 0 Å². The van der Waals surface area contributed by atoms with E-state index in [0.29, 0.717) is 36.2 Å². The van der Waals surface area contributed by atoms with Gasteiger partial charge in [0, 0.05) is 18.4 Å². The molecule has 3 heteroatoms. The second kappa shape index (κ2) is 10.0. The minimum Gasteiger partial charge on any atom is -0.393 e. The molecule has 0 spiro atoms. The topological polar surface area (TPSA) is 49.7 Å². The van der Waals surface area contributed by atoms with Crippen LogP contribution in [0.25, 0.3) is 0 Å². The summed E-state index contributed by atoms with van der Waals surface area (Å²) >= 11 is 0. The van der Waals surface area contributed by atoms with Crippen LogP contribution in [0.15, 0.2) is 23.8 Å². The van der Waals surface area contributed by atoms with Gasteiger partial charge in [0.1, 0.15) is 11.7 Å². The molecule has 34 heavy (non-hydrogen) atoms. The van der Waals surface area contributed by atoms with Crippen LogP contribution in [0.2, 0.25) is 0 Å². The van der Waals surface area contributed by atoms with Gasteiger partial charge in [-0.05, 0) is 86.4 Å². The van der Waals surface area contributed by atoms with Crippen molar-refractivity contribution in [1.82, 2.24) is 0 Å². The summed E-state index contributed by atoms with van der Waals surface area (Å²) in [5.41, 5.74) is 0.748. The maximum Gasteiger partial charge on any atom is 0.105 e. The molecule has 4 aliphatic carbocycles. The second-order valence-corrected chi connectivity index (χ2v) is 13.3. The highest BCUT2D eigenvalue weighted by Crippen LogP contribution is 2.67. The van der Waals surface area contributed by atoms with Gasteiger partial charge in [-0.25, -0.2) is 0 Å². The van der Waals surface area contributed by atoms with E-state index in [-0.39, 0.29) is 11.5 Å². The predicted molar refractivity (Wildman–Crippen MR) is 140 cm³/mol. The summed E-state index contributed by atoms with van der Waals surface area (Å²) in [5, 5.41) is 22.7.